The van der Waals surface area contributed by atoms with Crippen LogP contribution in [0.4, 0.5) is 14.5 Å². The van der Waals surface area contributed by atoms with E-state index in [0.29, 0.717) is 17.8 Å². The molecule has 0 aliphatic carbocycles. The van der Waals surface area contributed by atoms with Gasteiger partial charge in [-0.2, -0.15) is 0 Å². The number of hydrogen-bond acceptors (Lipinski definition) is 1. The van der Waals surface area contributed by atoms with E-state index < -0.39 is 0 Å². The molecule has 0 saturated carbocycles. The van der Waals surface area contributed by atoms with Crippen LogP contribution in [0.15, 0.2) is 40.9 Å². The highest BCUT2D eigenvalue weighted by Crippen LogP contribution is 2.23. The molecule has 2 rings (SSSR count). The molecule has 0 radical (unpaired) electrons. The zero-order valence-corrected chi connectivity index (χ0v) is 11.4. The summed E-state index contributed by atoms with van der Waals surface area (Å²) in [6.45, 7) is 2.24. The van der Waals surface area contributed by atoms with Gasteiger partial charge in [0.25, 0.3) is 0 Å². The second-order valence-electron chi connectivity index (χ2n) is 4.06. The monoisotopic (exact) mass is 311 g/mol. The van der Waals surface area contributed by atoms with Gasteiger partial charge in [-0.15, -0.1) is 0 Å². The van der Waals surface area contributed by atoms with Crippen LogP contribution in [0.1, 0.15) is 11.1 Å². The summed E-state index contributed by atoms with van der Waals surface area (Å²) in [5.41, 5.74) is 2.23. The Hall–Kier alpha value is -1.42. The fraction of sp³-hybridized carbons (Fsp3) is 0.143. The smallest absolute Gasteiger partial charge is 0.126 e. The highest BCUT2D eigenvalue weighted by atomic mass is 79.9. The van der Waals surface area contributed by atoms with Crippen molar-refractivity contribution in [3.05, 3.63) is 63.6 Å². The molecule has 2 aromatic carbocycles. The minimum Gasteiger partial charge on any atom is -0.380 e. The molecule has 0 spiro atoms. The Morgan fingerprint density at radius 1 is 1.11 bits per heavy atom. The van der Waals surface area contributed by atoms with E-state index >= 15 is 0 Å². The molecule has 0 aromatic heterocycles. The van der Waals surface area contributed by atoms with Crippen molar-refractivity contribution in [1.82, 2.24) is 0 Å². The fourth-order valence-corrected chi connectivity index (χ4v) is 2.03. The van der Waals surface area contributed by atoms with Gasteiger partial charge < -0.3 is 5.32 Å². The van der Waals surface area contributed by atoms with Crippen molar-refractivity contribution in [3.63, 3.8) is 0 Å². The van der Waals surface area contributed by atoms with Gasteiger partial charge in [0.15, 0.2) is 0 Å². The molecule has 0 heterocycles. The lowest BCUT2D eigenvalue weighted by atomic mass is 10.1. The average molecular weight is 312 g/mol. The lowest BCUT2D eigenvalue weighted by Crippen LogP contribution is -2.01. The molecule has 0 amide bonds. The van der Waals surface area contributed by atoms with Crippen molar-refractivity contribution in [2.45, 2.75) is 13.5 Å². The third-order valence-electron chi connectivity index (χ3n) is 2.63. The molecule has 2 aromatic rings. The van der Waals surface area contributed by atoms with Gasteiger partial charge in [-0.3, -0.25) is 0 Å². The van der Waals surface area contributed by atoms with E-state index in [0.717, 1.165) is 10.0 Å². The Morgan fingerprint density at radius 3 is 2.61 bits per heavy atom. The van der Waals surface area contributed by atoms with Gasteiger partial charge in [0.2, 0.25) is 0 Å². The van der Waals surface area contributed by atoms with E-state index in [-0.39, 0.29) is 11.6 Å². The van der Waals surface area contributed by atoms with Crippen molar-refractivity contribution < 1.29 is 8.78 Å². The van der Waals surface area contributed by atoms with Gasteiger partial charge in [0.05, 0.1) is 5.69 Å². The van der Waals surface area contributed by atoms with Crippen LogP contribution in [-0.2, 0) is 6.54 Å². The molecule has 4 heteroatoms. The number of benzene rings is 2. The van der Waals surface area contributed by atoms with Gasteiger partial charge in [0.1, 0.15) is 11.6 Å². The number of hydrogen-bond donors (Lipinski definition) is 1. The Balaban J connectivity index is 2.11. The summed E-state index contributed by atoms with van der Waals surface area (Å²) in [7, 11) is 0. The summed E-state index contributed by atoms with van der Waals surface area (Å²) in [5, 5.41) is 3.11. The van der Waals surface area contributed by atoms with Crippen molar-refractivity contribution in [2.75, 3.05) is 5.32 Å². The molecule has 0 saturated heterocycles. The lowest BCUT2D eigenvalue weighted by Gasteiger charge is -2.09. The SMILES string of the molecule is Cc1cc(CNc2cc(F)ccc2Br)ccc1F. The Kier molecular flexibility index (Phi) is 3.97. The molecule has 0 aliphatic rings. The highest BCUT2D eigenvalue weighted by Gasteiger charge is 2.03. The third-order valence-corrected chi connectivity index (χ3v) is 3.33. The first-order chi connectivity index (χ1) is 8.56. The number of rotatable bonds is 3. The van der Waals surface area contributed by atoms with Gasteiger partial charge in [-0.05, 0) is 58.2 Å². The topological polar surface area (TPSA) is 12.0 Å². The van der Waals surface area contributed by atoms with E-state index in [4.69, 9.17) is 0 Å². The summed E-state index contributed by atoms with van der Waals surface area (Å²) in [4.78, 5) is 0. The van der Waals surface area contributed by atoms with E-state index in [1.807, 2.05) is 0 Å². The summed E-state index contributed by atoms with van der Waals surface area (Å²) >= 11 is 3.34. The number of aryl methyl sites for hydroxylation is 1. The maximum absolute atomic E-state index is 13.1. The van der Waals surface area contributed by atoms with Gasteiger partial charge in [-0.25, -0.2) is 8.78 Å². The van der Waals surface area contributed by atoms with Crippen LogP contribution < -0.4 is 5.32 Å². The van der Waals surface area contributed by atoms with Gasteiger partial charge in [0, 0.05) is 11.0 Å². The maximum Gasteiger partial charge on any atom is 0.126 e. The van der Waals surface area contributed by atoms with E-state index in [2.05, 4.69) is 21.2 Å². The van der Waals surface area contributed by atoms with Gasteiger partial charge >= 0.3 is 0 Å². The minimum absolute atomic E-state index is 0.217. The highest BCUT2D eigenvalue weighted by molar-refractivity contribution is 9.10. The third kappa shape index (κ3) is 3.07. The molecule has 0 atom stereocenters. The Morgan fingerprint density at radius 2 is 1.89 bits per heavy atom. The summed E-state index contributed by atoms with van der Waals surface area (Å²) in [6.07, 6.45) is 0. The summed E-state index contributed by atoms with van der Waals surface area (Å²) < 4.78 is 27.0. The predicted molar refractivity (Wildman–Crippen MR) is 72.6 cm³/mol. The first-order valence-corrected chi connectivity index (χ1v) is 6.29. The Bertz CT molecular complexity index is 570. The van der Waals surface area contributed by atoms with Crippen LogP contribution in [0.2, 0.25) is 0 Å². The maximum atomic E-state index is 13.1. The average Bonchev–Trinajstić information content (AvgIpc) is 2.34. The fourth-order valence-electron chi connectivity index (χ4n) is 1.65. The molecule has 0 aliphatic heterocycles. The minimum atomic E-state index is -0.295. The van der Waals surface area contributed by atoms with Crippen LogP contribution in [0.25, 0.3) is 0 Å². The zero-order valence-electron chi connectivity index (χ0n) is 9.81. The van der Waals surface area contributed by atoms with Crippen molar-refractivity contribution >= 4 is 21.6 Å². The molecule has 1 N–H and O–H groups in total. The number of anilines is 1. The van der Waals surface area contributed by atoms with Gasteiger partial charge in [-0.1, -0.05) is 12.1 Å². The molecule has 1 nitrogen and oxygen atoms in total. The van der Waals surface area contributed by atoms with Crippen LogP contribution in [0, 0.1) is 18.6 Å². The molecule has 0 bridgehead atoms. The van der Waals surface area contributed by atoms with Crippen molar-refractivity contribution in [3.8, 4) is 0 Å². The first kappa shape index (κ1) is 13.0. The summed E-state index contributed by atoms with van der Waals surface area (Å²) in [6, 6.07) is 9.37. The molecule has 18 heavy (non-hydrogen) atoms. The predicted octanol–water partition coefficient (Wildman–Crippen LogP) is 4.65. The lowest BCUT2D eigenvalue weighted by molar-refractivity contribution is 0.617. The molecule has 0 unspecified atom stereocenters. The molecule has 0 fully saturated rings. The van der Waals surface area contributed by atoms with Crippen LogP contribution in [0.3, 0.4) is 0 Å². The van der Waals surface area contributed by atoms with Crippen LogP contribution >= 0.6 is 15.9 Å². The molecular weight excluding hydrogens is 300 g/mol. The Labute approximate surface area is 113 Å². The molecule has 94 valence electrons. The zero-order chi connectivity index (χ0) is 13.1. The van der Waals surface area contributed by atoms with E-state index in [9.17, 15) is 8.78 Å². The second-order valence-corrected chi connectivity index (χ2v) is 4.92. The van der Waals surface area contributed by atoms with E-state index in [1.54, 1.807) is 25.1 Å². The standard InChI is InChI=1S/C14H12BrF2N/c1-9-6-10(2-5-13(9)17)8-18-14-7-11(16)3-4-12(14)15/h2-7,18H,8H2,1H3. The quantitative estimate of drug-likeness (QED) is 0.870. The largest absolute Gasteiger partial charge is 0.380 e. The van der Waals surface area contributed by atoms with Crippen LogP contribution in [-0.4, -0.2) is 0 Å². The normalized spacial score (nSPS) is 10.4. The summed E-state index contributed by atoms with van der Waals surface area (Å²) in [5.74, 6) is -0.512. The van der Waals surface area contributed by atoms with Crippen molar-refractivity contribution in [1.29, 1.82) is 0 Å². The first-order valence-electron chi connectivity index (χ1n) is 5.50. The number of nitrogens with one attached hydrogen (secondary N) is 1. The van der Waals surface area contributed by atoms with Crippen LogP contribution in [0.5, 0.6) is 0 Å². The van der Waals surface area contributed by atoms with Crippen molar-refractivity contribution in [2.24, 2.45) is 0 Å². The second kappa shape index (κ2) is 5.48. The van der Waals surface area contributed by atoms with E-state index in [1.165, 1.54) is 18.2 Å². The molecular formula is C14H12BrF2N. The number of halogens is 3.